The van der Waals surface area contributed by atoms with Gasteiger partial charge in [-0.25, -0.2) is 0 Å². The number of carbonyl (C=O) groups is 1. The minimum Gasteiger partial charge on any atom is -0.495 e. The summed E-state index contributed by atoms with van der Waals surface area (Å²) in [6.07, 6.45) is 6.28. The lowest BCUT2D eigenvalue weighted by atomic mass is 9.96. The van der Waals surface area contributed by atoms with Gasteiger partial charge >= 0.3 is 0 Å². The first-order chi connectivity index (χ1) is 12.6. The van der Waals surface area contributed by atoms with Crippen molar-refractivity contribution in [3.63, 3.8) is 0 Å². The van der Waals surface area contributed by atoms with Gasteiger partial charge in [0.25, 0.3) is 0 Å². The van der Waals surface area contributed by atoms with Crippen molar-refractivity contribution in [3.05, 3.63) is 23.8 Å². The van der Waals surface area contributed by atoms with Crippen molar-refractivity contribution < 1.29 is 9.53 Å². The van der Waals surface area contributed by atoms with Crippen LogP contribution in [0, 0.1) is 6.92 Å². The number of aromatic nitrogens is 2. The third-order valence-electron chi connectivity index (χ3n) is 4.30. The number of hydrogen-bond acceptors (Lipinski definition) is 7. The molecule has 26 heavy (non-hydrogen) atoms. The zero-order valence-corrected chi connectivity index (χ0v) is 16.7. The summed E-state index contributed by atoms with van der Waals surface area (Å²) in [7, 11) is 1.59. The Bertz CT molecular complexity index is 745. The Morgan fingerprint density at radius 3 is 2.88 bits per heavy atom. The number of thioether (sulfide) groups is 1. The molecule has 1 aromatic carbocycles. The molecule has 0 radical (unpaired) electrons. The summed E-state index contributed by atoms with van der Waals surface area (Å²) in [4.78, 5) is 12.2. The highest BCUT2D eigenvalue weighted by Crippen LogP contribution is 2.29. The summed E-state index contributed by atoms with van der Waals surface area (Å²) in [6, 6.07) is 6.21. The van der Waals surface area contributed by atoms with Gasteiger partial charge in [-0.2, -0.15) is 0 Å². The first-order valence-electron chi connectivity index (χ1n) is 8.81. The number of aryl methyl sites for hydroxylation is 1. The standard InChI is InChI=1S/C18H24N4O2S2/c1-12-8-9-15(24-2)14(10-12)20-16(23)11-25-18-22-21-17(26-18)19-13-6-4-3-5-7-13/h8-10,13H,3-7,11H2,1-2H3,(H,19,21)(H,20,23). The summed E-state index contributed by atoms with van der Waals surface area (Å²) in [5, 5.41) is 15.6. The molecule has 140 valence electrons. The molecule has 1 aliphatic carbocycles. The number of nitrogens with zero attached hydrogens (tertiary/aromatic N) is 2. The van der Waals surface area contributed by atoms with Crippen molar-refractivity contribution in [2.45, 2.75) is 49.4 Å². The number of amides is 1. The third-order valence-corrected chi connectivity index (χ3v) is 6.28. The highest BCUT2D eigenvalue weighted by Gasteiger charge is 2.16. The highest BCUT2D eigenvalue weighted by atomic mass is 32.2. The number of ether oxygens (including phenoxy) is 1. The normalized spacial score (nSPS) is 14.8. The zero-order valence-electron chi connectivity index (χ0n) is 15.1. The summed E-state index contributed by atoms with van der Waals surface area (Å²) in [6.45, 7) is 1.98. The molecule has 1 aromatic heterocycles. The molecule has 1 fully saturated rings. The lowest BCUT2D eigenvalue weighted by molar-refractivity contribution is -0.113. The molecule has 2 aromatic rings. The van der Waals surface area contributed by atoms with Crippen LogP contribution < -0.4 is 15.4 Å². The van der Waals surface area contributed by atoms with Gasteiger partial charge in [0.1, 0.15) is 5.75 Å². The number of nitrogens with one attached hydrogen (secondary N) is 2. The van der Waals surface area contributed by atoms with Gasteiger partial charge in [0.05, 0.1) is 18.6 Å². The Morgan fingerprint density at radius 1 is 1.31 bits per heavy atom. The van der Waals surface area contributed by atoms with E-state index in [1.165, 1.54) is 55.2 Å². The molecular formula is C18H24N4O2S2. The van der Waals surface area contributed by atoms with Crippen LogP contribution in [0.3, 0.4) is 0 Å². The first-order valence-corrected chi connectivity index (χ1v) is 10.6. The van der Waals surface area contributed by atoms with E-state index in [9.17, 15) is 4.79 Å². The number of anilines is 2. The lowest BCUT2D eigenvalue weighted by Gasteiger charge is -2.21. The number of carbonyl (C=O) groups excluding carboxylic acids is 1. The fourth-order valence-corrected chi connectivity index (χ4v) is 4.61. The van der Waals surface area contributed by atoms with Crippen molar-refractivity contribution in [3.8, 4) is 5.75 Å². The Morgan fingerprint density at radius 2 is 2.12 bits per heavy atom. The van der Waals surface area contributed by atoms with E-state index >= 15 is 0 Å². The lowest BCUT2D eigenvalue weighted by Crippen LogP contribution is -2.21. The highest BCUT2D eigenvalue weighted by molar-refractivity contribution is 8.01. The van der Waals surface area contributed by atoms with Crippen molar-refractivity contribution >= 4 is 39.8 Å². The number of rotatable bonds is 7. The van der Waals surface area contributed by atoms with Crippen LogP contribution in [0.2, 0.25) is 0 Å². The second kappa shape index (κ2) is 9.23. The largest absolute Gasteiger partial charge is 0.495 e. The molecule has 0 spiro atoms. The SMILES string of the molecule is COc1ccc(C)cc1NC(=O)CSc1nnc(NC2CCCCC2)s1. The number of hydrogen-bond donors (Lipinski definition) is 2. The van der Waals surface area contributed by atoms with Gasteiger partial charge in [-0.1, -0.05) is 48.4 Å². The molecule has 8 heteroatoms. The molecule has 6 nitrogen and oxygen atoms in total. The van der Waals surface area contributed by atoms with E-state index < -0.39 is 0 Å². The summed E-state index contributed by atoms with van der Waals surface area (Å²) in [5.41, 5.74) is 1.76. The summed E-state index contributed by atoms with van der Waals surface area (Å²) in [5.74, 6) is 0.856. The molecule has 1 amide bonds. The predicted molar refractivity (Wildman–Crippen MR) is 107 cm³/mol. The van der Waals surface area contributed by atoms with E-state index in [0.29, 0.717) is 17.5 Å². The van der Waals surface area contributed by atoms with E-state index in [1.54, 1.807) is 7.11 Å². The molecule has 1 heterocycles. The molecule has 0 atom stereocenters. The molecule has 0 unspecified atom stereocenters. The van der Waals surface area contributed by atoms with E-state index in [-0.39, 0.29) is 11.7 Å². The van der Waals surface area contributed by atoms with Crippen LogP contribution in [0.4, 0.5) is 10.8 Å². The smallest absolute Gasteiger partial charge is 0.234 e. The topological polar surface area (TPSA) is 76.1 Å². The maximum atomic E-state index is 12.2. The molecule has 3 rings (SSSR count). The fraction of sp³-hybridized carbons (Fsp3) is 0.500. The van der Waals surface area contributed by atoms with Gasteiger partial charge < -0.3 is 15.4 Å². The van der Waals surface area contributed by atoms with E-state index in [2.05, 4.69) is 20.8 Å². The van der Waals surface area contributed by atoms with Crippen LogP contribution in [0.5, 0.6) is 5.75 Å². The van der Waals surface area contributed by atoms with E-state index in [4.69, 9.17) is 4.74 Å². The zero-order chi connectivity index (χ0) is 18.4. The molecular weight excluding hydrogens is 368 g/mol. The van der Waals surface area contributed by atoms with Crippen LogP contribution >= 0.6 is 23.1 Å². The van der Waals surface area contributed by atoms with Crippen LogP contribution in [-0.2, 0) is 4.79 Å². The fourth-order valence-electron chi connectivity index (χ4n) is 2.98. The maximum Gasteiger partial charge on any atom is 0.234 e. The van der Waals surface area contributed by atoms with Crippen molar-refractivity contribution in [1.29, 1.82) is 0 Å². The van der Waals surface area contributed by atoms with Gasteiger partial charge in [0.15, 0.2) is 4.34 Å². The van der Waals surface area contributed by atoms with Gasteiger partial charge in [-0.3, -0.25) is 4.79 Å². The second-order valence-corrected chi connectivity index (χ2v) is 8.59. The summed E-state index contributed by atoms with van der Waals surface area (Å²) >= 11 is 2.91. The molecule has 0 saturated heterocycles. The first kappa shape index (κ1) is 19.0. The summed E-state index contributed by atoms with van der Waals surface area (Å²) < 4.78 is 6.09. The van der Waals surface area contributed by atoms with Gasteiger partial charge in [-0.15, -0.1) is 10.2 Å². The van der Waals surface area contributed by atoms with E-state index in [0.717, 1.165) is 15.0 Å². The maximum absolute atomic E-state index is 12.2. The minimum atomic E-state index is -0.0871. The average Bonchev–Trinajstić information content (AvgIpc) is 3.08. The van der Waals surface area contributed by atoms with Crippen molar-refractivity contribution in [2.75, 3.05) is 23.5 Å². The molecule has 1 saturated carbocycles. The Balaban J connectivity index is 1.49. The van der Waals surface area contributed by atoms with E-state index in [1.807, 2.05) is 25.1 Å². The quantitative estimate of drug-likeness (QED) is 0.683. The van der Waals surface area contributed by atoms with Gasteiger partial charge in [-0.05, 0) is 37.5 Å². The molecule has 0 bridgehead atoms. The Labute approximate surface area is 162 Å². The predicted octanol–water partition coefficient (Wildman–Crippen LogP) is 4.33. The number of methoxy groups -OCH3 is 1. The average molecular weight is 393 g/mol. The van der Waals surface area contributed by atoms with Gasteiger partial charge in [0.2, 0.25) is 11.0 Å². The molecule has 2 N–H and O–H groups in total. The van der Waals surface area contributed by atoms with Crippen LogP contribution in [-0.4, -0.2) is 35.0 Å². The minimum absolute atomic E-state index is 0.0871. The van der Waals surface area contributed by atoms with Crippen LogP contribution in [0.25, 0.3) is 0 Å². The third kappa shape index (κ3) is 5.35. The number of benzene rings is 1. The van der Waals surface area contributed by atoms with Crippen molar-refractivity contribution in [1.82, 2.24) is 10.2 Å². The molecule has 0 aliphatic heterocycles. The molecule has 1 aliphatic rings. The van der Waals surface area contributed by atoms with Crippen molar-refractivity contribution in [2.24, 2.45) is 0 Å². The second-order valence-electron chi connectivity index (χ2n) is 6.39. The monoisotopic (exact) mass is 392 g/mol. The van der Waals surface area contributed by atoms with Crippen LogP contribution in [0.1, 0.15) is 37.7 Å². The van der Waals surface area contributed by atoms with Crippen LogP contribution in [0.15, 0.2) is 22.5 Å². The Hall–Kier alpha value is -1.80. The Kier molecular flexibility index (Phi) is 6.73. The van der Waals surface area contributed by atoms with Gasteiger partial charge in [0, 0.05) is 6.04 Å².